The average Bonchev–Trinajstić information content (AvgIpc) is 3.36. The molecule has 4 aromatic rings. The van der Waals surface area contributed by atoms with Crippen LogP contribution in [0.5, 0.6) is 0 Å². The third kappa shape index (κ3) is 4.23. The highest BCUT2D eigenvalue weighted by molar-refractivity contribution is 5.82. The van der Waals surface area contributed by atoms with Gasteiger partial charge in [-0.3, -0.25) is 4.90 Å². The van der Waals surface area contributed by atoms with Gasteiger partial charge in [-0.05, 0) is 45.0 Å². The van der Waals surface area contributed by atoms with Crippen molar-refractivity contribution in [1.82, 2.24) is 38.9 Å². The first-order valence-corrected chi connectivity index (χ1v) is 12.1. The zero-order valence-electron chi connectivity index (χ0n) is 19.9. The lowest BCUT2D eigenvalue weighted by molar-refractivity contribution is 0.0656. The van der Waals surface area contributed by atoms with Crippen LogP contribution >= 0.6 is 0 Å². The molecule has 1 saturated heterocycles. The number of pyridine rings is 1. The van der Waals surface area contributed by atoms with E-state index in [1.165, 1.54) is 4.57 Å². The van der Waals surface area contributed by atoms with Gasteiger partial charge in [-0.1, -0.05) is 0 Å². The number of anilines is 1. The second-order valence-electron chi connectivity index (χ2n) is 9.65. The van der Waals surface area contributed by atoms with Crippen molar-refractivity contribution < 1.29 is 8.78 Å². The topological polar surface area (TPSA) is 79.4 Å². The minimum Gasteiger partial charge on any atom is -0.350 e. The molecule has 9 nitrogen and oxygen atoms in total. The number of hydrogen-bond donors (Lipinski definition) is 1. The van der Waals surface area contributed by atoms with E-state index in [2.05, 4.69) is 42.2 Å². The summed E-state index contributed by atoms with van der Waals surface area (Å²) in [5.74, 6) is 1.13. The van der Waals surface area contributed by atoms with E-state index in [1.54, 1.807) is 17.6 Å². The van der Waals surface area contributed by atoms with Gasteiger partial charge in [0, 0.05) is 50.0 Å². The van der Waals surface area contributed by atoms with Crippen LogP contribution in [0.1, 0.15) is 18.7 Å². The van der Waals surface area contributed by atoms with E-state index in [9.17, 15) is 8.78 Å². The van der Waals surface area contributed by atoms with Crippen molar-refractivity contribution in [2.45, 2.75) is 44.8 Å². The Morgan fingerprint density at radius 1 is 1.09 bits per heavy atom. The number of likely N-dealkylation sites (N-methyl/N-ethyl adjacent to an activating group) is 1. The van der Waals surface area contributed by atoms with Gasteiger partial charge >= 0.3 is 0 Å². The number of halogens is 2. The maximum atomic E-state index is 13.1. The maximum Gasteiger partial charge on any atom is 0.256 e. The predicted octanol–water partition coefficient (Wildman–Crippen LogP) is 2.90. The molecule has 2 fully saturated rings. The Balaban J connectivity index is 1.18. The SMILES string of the molecule is Cc1nc2ccc(-c3ccn4nc(NC5CC(N6CCN(C)CC6)C5)ncc34)nc2n1CC(F)F. The lowest BCUT2D eigenvalue weighted by atomic mass is 9.85. The molecule has 0 bridgehead atoms. The molecule has 184 valence electrons. The number of fused-ring (bicyclic) bond motifs is 2. The van der Waals surface area contributed by atoms with Gasteiger partial charge in [0.2, 0.25) is 5.95 Å². The first-order valence-electron chi connectivity index (χ1n) is 12.1. The summed E-state index contributed by atoms with van der Waals surface area (Å²) in [5, 5.41) is 8.12. The van der Waals surface area contributed by atoms with Gasteiger partial charge in [-0.15, -0.1) is 5.10 Å². The molecule has 6 rings (SSSR count). The lowest BCUT2D eigenvalue weighted by Crippen LogP contribution is -2.55. The summed E-state index contributed by atoms with van der Waals surface area (Å²) in [6.45, 7) is 5.86. The molecule has 11 heteroatoms. The van der Waals surface area contributed by atoms with Gasteiger partial charge in [0.15, 0.2) is 5.65 Å². The van der Waals surface area contributed by atoms with Gasteiger partial charge < -0.3 is 14.8 Å². The summed E-state index contributed by atoms with van der Waals surface area (Å²) in [4.78, 5) is 18.6. The summed E-state index contributed by atoms with van der Waals surface area (Å²) in [6.07, 6.45) is 3.40. The van der Waals surface area contributed by atoms with E-state index in [-0.39, 0.29) is 0 Å². The van der Waals surface area contributed by atoms with Crippen LogP contribution in [0.2, 0.25) is 0 Å². The zero-order chi connectivity index (χ0) is 24.1. The fourth-order valence-electron chi connectivity index (χ4n) is 5.18. The van der Waals surface area contributed by atoms with E-state index >= 15 is 0 Å². The van der Waals surface area contributed by atoms with Crippen LogP contribution in [0.25, 0.3) is 27.9 Å². The van der Waals surface area contributed by atoms with E-state index in [4.69, 9.17) is 0 Å². The molecule has 35 heavy (non-hydrogen) atoms. The summed E-state index contributed by atoms with van der Waals surface area (Å²) >= 11 is 0. The quantitative estimate of drug-likeness (QED) is 0.454. The second kappa shape index (κ2) is 8.80. The normalized spacial score (nSPS) is 21.7. The molecule has 2 aliphatic rings. The number of imidazole rings is 1. The standard InChI is InChI=1S/C24H29F2N9/c1-15-28-20-4-3-19(30-23(20)34(15)14-22(25)26)18-5-6-35-21(18)13-27-24(31-35)29-16-11-17(12-16)33-9-7-32(2)8-10-33/h3-6,13,16-17,22H,7-12,14H2,1-2H3,(H,29,31). The number of aromatic nitrogens is 6. The Bertz CT molecular complexity index is 1350. The third-order valence-electron chi connectivity index (χ3n) is 7.30. The van der Waals surface area contributed by atoms with E-state index in [0.29, 0.717) is 40.7 Å². The van der Waals surface area contributed by atoms with Crippen LogP contribution in [0.3, 0.4) is 0 Å². The minimum absolute atomic E-state index is 0.384. The molecule has 0 atom stereocenters. The fraction of sp³-hybridized carbons (Fsp3) is 0.500. The van der Waals surface area contributed by atoms with Crippen molar-refractivity contribution in [2.24, 2.45) is 0 Å². The molecular formula is C24H29F2N9. The Morgan fingerprint density at radius 2 is 1.89 bits per heavy atom. The number of nitrogens with zero attached hydrogens (tertiary/aromatic N) is 8. The molecule has 0 radical (unpaired) electrons. The number of nitrogens with one attached hydrogen (secondary N) is 1. The molecule has 0 spiro atoms. The lowest BCUT2D eigenvalue weighted by Gasteiger charge is -2.46. The van der Waals surface area contributed by atoms with Crippen molar-refractivity contribution in [1.29, 1.82) is 0 Å². The molecule has 1 saturated carbocycles. The summed E-state index contributed by atoms with van der Waals surface area (Å²) in [6, 6.07) is 6.63. The molecule has 0 unspecified atom stereocenters. The van der Waals surface area contributed by atoms with Crippen LogP contribution in [0.15, 0.2) is 30.6 Å². The number of piperazine rings is 1. The Morgan fingerprint density at radius 3 is 2.66 bits per heavy atom. The van der Waals surface area contributed by atoms with Crippen molar-refractivity contribution in [3.05, 3.63) is 36.4 Å². The van der Waals surface area contributed by atoms with Gasteiger partial charge in [0.1, 0.15) is 11.3 Å². The second-order valence-corrected chi connectivity index (χ2v) is 9.65. The molecule has 0 aromatic carbocycles. The van der Waals surface area contributed by atoms with Crippen LogP contribution in [-0.4, -0.2) is 90.7 Å². The van der Waals surface area contributed by atoms with Crippen LogP contribution in [-0.2, 0) is 6.54 Å². The summed E-state index contributed by atoms with van der Waals surface area (Å²) in [5.41, 5.74) is 3.39. The van der Waals surface area contributed by atoms with E-state index in [1.807, 2.05) is 24.4 Å². The number of alkyl halides is 2. The molecular weight excluding hydrogens is 452 g/mol. The Kier molecular flexibility index (Phi) is 5.60. The van der Waals surface area contributed by atoms with E-state index < -0.39 is 13.0 Å². The van der Waals surface area contributed by atoms with Gasteiger partial charge in [0.05, 0.1) is 24.0 Å². The van der Waals surface area contributed by atoms with Crippen molar-refractivity contribution in [3.8, 4) is 11.3 Å². The van der Waals surface area contributed by atoms with Crippen molar-refractivity contribution in [3.63, 3.8) is 0 Å². The van der Waals surface area contributed by atoms with Crippen molar-refractivity contribution in [2.75, 3.05) is 38.5 Å². The largest absolute Gasteiger partial charge is 0.350 e. The molecule has 1 N–H and O–H groups in total. The van der Waals surface area contributed by atoms with Gasteiger partial charge in [-0.2, -0.15) is 0 Å². The highest BCUT2D eigenvalue weighted by Gasteiger charge is 2.35. The monoisotopic (exact) mass is 481 g/mol. The van der Waals surface area contributed by atoms with Crippen LogP contribution in [0.4, 0.5) is 14.7 Å². The average molecular weight is 482 g/mol. The number of rotatable bonds is 6. The van der Waals surface area contributed by atoms with Crippen LogP contribution < -0.4 is 5.32 Å². The molecule has 1 aliphatic heterocycles. The summed E-state index contributed by atoms with van der Waals surface area (Å²) in [7, 11) is 2.18. The summed E-state index contributed by atoms with van der Waals surface area (Å²) < 4.78 is 29.4. The van der Waals surface area contributed by atoms with Gasteiger partial charge in [0.25, 0.3) is 6.43 Å². The maximum absolute atomic E-state index is 13.1. The first kappa shape index (κ1) is 22.3. The number of aryl methyl sites for hydroxylation is 1. The Hall–Kier alpha value is -3.18. The fourth-order valence-corrected chi connectivity index (χ4v) is 5.18. The molecule has 0 amide bonds. The van der Waals surface area contributed by atoms with E-state index in [0.717, 1.165) is 50.1 Å². The molecule has 5 heterocycles. The molecule has 4 aromatic heterocycles. The Labute approximate surface area is 201 Å². The minimum atomic E-state index is -2.47. The zero-order valence-corrected chi connectivity index (χ0v) is 19.9. The first-order chi connectivity index (χ1) is 16.9. The predicted molar refractivity (Wildman–Crippen MR) is 130 cm³/mol. The third-order valence-corrected chi connectivity index (χ3v) is 7.30. The highest BCUT2D eigenvalue weighted by atomic mass is 19.3. The van der Waals surface area contributed by atoms with Crippen LogP contribution in [0, 0.1) is 6.92 Å². The van der Waals surface area contributed by atoms with Crippen molar-refractivity contribution >= 4 is 22.6 Å². The van der Waals surface area contributed by atoms with Gasteiger partial charge in [-0.25, -0.2) is 28.2 Å². The molecule has 1 aliphatic carbocycles. The number of hydrogen-bond acceptors (Lipinski definition) is 7. The smallest absolute Gasteiger partial charge is 0.256 e. The highest BCUT2D eigenvalue weighted by Crippen LogP contribution is 2.30.